The second-order valence-electron chi connectivity index (χ2n) is 5.27. The van der Waals surface area contributed by atoms with Crippen molar-refractivity contribution in [3.8, 4) is 11.5 Å². The van der Waals surface area contributed by atoms with Crippen LogP contribution in [0.5, 0.6) is 11.5 Å². The monoisotopic (exact) mass is 278 g/mol. The fourth-order valence-electron chi connectivity index (χ4n) is 1.60. The molecule has 1 amide bonds. The molecule has 108 valence electrons. The van der Waals surface area contributed by atoms with Gasteiger partial charge in [0.15, 0.2) is 11.5 Å². The molecule has 6 heteroatoms. The Morgan fingerprint density at radius 1 is 1.30 bits per heavy atom. The molecule has 20 heavy (non-hydrogen) atoms. The van der Waals surface area contributed by atoms with Crippen LogP contribution in [0.2, 0.25) is 0 Å². The van der Waals surface area contributed by atoms with Crippen molar-refractivity contribution in [1.82, 2.24) is 5.43 Å². The Hall–Kier alpha value is -2.24. The fraction of sp³-hybridized carbons (Fsp3) is 0.429. The highest BCUT2D eigenvalue weighted by Gasteiger charge is 2.15. The van der Waals surface area contributed by atoms with Crippen LogP contribution >= 0.6 is 0 Å². The van der Waals surface area contributed by atoms with E-state index in [0.29, 0.717) is 24.7 Å². The Labute approximate surface area is 117 Å². The van der Waals surface area contributed by atoms with E-state index in [-0.39, 0.29) is 0 Å². The van der Waals surface area contributed by atoms with Crippen molar-refractivity contribution in [3.63, 3.8) is 0 Å². The van der Waals surface area contributed by atoms with E-state index in [1.165, 1.54) is 6.21 Å². The first-order valence-electron chi connectivity index (χ1n) is 6.36. The Kier molecular flexibility index (Phi) is 4.12. The zero-order valence-electron chi connectivity index (χ0n) is 11.8. The topological polar surface area (TPSA) is 69.2 Å². The van der Waals surface area contributed by atoms with Crippen molar-refractivity contribution in [1.29, 1.82) is 0 Å². The van der Waals surface area contributed by atoms with Gasteiger partial charge in [-0.2, -0.15) is 5.10 Å². The highest BCUT2D eigenvalue weighted by molar-refractivity contribution is 5.82. The largest absolute Gasteiger partial charge is 0.486 e. The molecule has 1 heterocycles. The summed E-state index contributed by atoms with van der Waals surface area (Å²) in [5.74, 6) is 1.39. The maximum Gasteiger partial charge on any atom is 0.428 e. The molecule has 2 rings (SSSR count). The molecule has 1 aliphatic heterocycles. The lowest BCUT2D eigenvalue weighted by Gasteiger charge is -2.18. The molecule has 0 bridgehead atoms. The predicted octanol–water partition coefficient (Wildman–Crippen LogP) is 2.32. The minimum atomic E-state index is -0.591. The minimum absolute atomic E-state index is 0.532. The van der Waals surface area contributed by atoms with Crippen molar-refractivity contribution in [2.45, 2.75) is 26.4 Å². The Bertz CT molecular complexity index is 520. The van der Waals surface area contributed by atoms with Crippen LogP contribution in [-0.2, 0) is 4.74 Å². The number of fused-ring (bicyclic) bond motifs is 1. The highest BCUT2D eigenvalue weighted by atomic mass is 16.6. The van der Waals surface area contributed by atoms with Crippen molar-refractivity contribution in [3.05, 3.63) is 23.8 Å². The lowest BCUT2D eigenvalue weighted by Crippen LogP contribution is -2.29. The number of hydrogen-bond donors (Lipinski definition) is 1. The number of benzene rings is 1. The predicted molar refractivity (Wildman–Crippen MR) is 74.4 cm³/mol. The van der Waals surface area contributed by atoms with E-state index in [4.69, 9.17) is 14.2 Å². The maximum absolute atomic E-state index is 11.4. The number of hydrazone groups is 1. The van der Waals surface area contributed by atoms with Gasteiger partial charge in [0.2, 0.25) is 0 Å². The average molecular weight is 278 g/mol. The number of nitrogens with zero attached hydrogens (tertiary/aromatic N) is 1. The van der Waals surface area contributed by atoms with Gasteiger partial charge >= 0.3 is 6.09 Å². The third kappa shape index (κ3) is 4.15. The average Bonchev–Trinajstić information content (AvgIpc) is 2.36. The Morgan fingerprint density at radius 2 is 2.00 bits per heavy atom. The van der Waals surface area contributed by atoms with Gasteiger partial charge in [-0.05, 0) is 44.5 Å². The van der Waals surface area contributed by atoms with Gasteiger partial charge in [-0.1, -0.05) is 0 Å². The van der Waals surface area contributed by atoms with Crippen LogP contribution in [0.15, 0.2) is 23.3 Å². The third-order valence-electron chi connectivity index (χ3n) is 2.33. The van der Waals surface area contributed by atoms with E-state index in [2.05, 4.69) is 10.5 Å². The van der Waals surface area contributed by atoms with E-state index < -0.39 is 11.7 Å². The van der Waals surface area contributed by atoms with E-state index in [0.717, 1.165) is 5.56 Å². The van der Waals surface area contributed by atoms with Crippen molar-refractivity contribution < 1.29 is 19.0 Å². The lowest BCUT2D eigenvalue weighted by atomic mass is 10.2. The molecule has 0 radical (unpaired) electrons. The van der Waals surface area contributed by atoms with Crippen molar-refractivity contribution >= 4 is 12.3 Å². The van der Waals surface area contributed by atoms with Crippen LogP contribution in [-0.4, -0.2) is 31.1 Å². The molecule has 1 aromatic rings. The molecule has 0 atom stereocenters. The number of ether oxygens (including phenoxy) is 3. The van der Waals surface area contributed by atoms with Gasteiger partial charge in [-0.3, -0.25) is 0 Å². The van der Waals surface area contributed by atoms with Gasteiger partial charge in [0.1, 0.15) is 18.8 Å². The number of carbonyl (C=O) groups excluding carboxylic acids is 1. The standard InChI is InChI=1S/C14H18N2O4/c1-14(2,3)20-13(17)16-15-9-10-4-5-11-12(8-10)19-7-6-18-11/h4-5,8-9H,6-7H2,1-3H3,(H,16,17). The second-order valence-corrected chi connectivity index (χ2v) is 5.27. The molecule has 0 saturated heterocycles. The van der Waals surface area contributed by atoms with Gasteiger partial charge in [0.25, 0.3) is 0 Å². The molecule has 1 N–H and O–H groups in total. The molecule has 0 aliphatic carbocycles. The molecule has 6 nitrogen and oxygen atoms in total. The normalized spacial score (nSPS) is 14.2. The summed E-state index contributed by atoms with van der Waals surface area (Å²) in [4.78, 5) is 11.4. The van der Waals surface area contributed by atoms with Crippen molar-refractivity contribution in [2.24, 2.45) is 5.10 Å². The number of nitrogens with one attached hydrogen (secondary N) is 1. The quantitative estimate of drug-likeness (QED) is 0.666. The summed E-state index contributed by atoms with van der Waals surface area (Å²) in [6.45, 7) is 6.45. The third-order valence-corrected chi connectivity index (χ3v) is 2.33. The van der Waals surface area contributed by atoms with Crippen molar-refractivity contribution in [2.75, 3.05) is 13.2 Å². The molecule has 1 aromatic carbocycles. The lowest BCUT2D eigenvalue weighted by molar-refractivity contribution is 0.0529. The van der Waals surface area contributed by atoms with E-state index in [1.807, 2.05) is 12.1 Å². The molecule has 0 spiro atoms. The molecular formula is C14H18N2O4. The number of hydrogen-bond acceptors (Lipinski definition) is 5. The van der Waals surface area contributed by atoms with Gasteiger partial charge in [0.05, 0.1) is 6.21 Å². The van der Waals surface area contributed by atoms with Crippen LogP contribution < -0.4 is 14.9 Å². The first-order chi connectivity index (χ1) is 9.44. The minimum Gasteiger partial charge on any atom is -0.486 e. The maximum atomic E-state index is 11.4. The van der Waals surface area contributed by atoms with Gasteiger partial charge in [0, 0.05) is 0 Å². The summed E-state index contributed by atoms with van der Waals surface area (Å²) in [5.41, 5.74) is 2.56. The molecule has 0 unspecified atom stereocenters. The smallest absolute Gasteiger partial charge is 0.428 e. The van der Waals surface area contributed by atoms with Gasteiger partial charge in [-0.15, -0.1) is 0 Å². The SMILES string of the molecule is CC(C)(C)OC(=O)NN=Cc1ccc2c(c1)OCCO2. The molecule has 0 saturated carbocycles. The van der Waals surface area contributed by atoms with Gasteiger partial charge < -0.3 is 14.2 Å². The first kappa shape index (κ1) is 14.2. The van der Waals surface area contributed by atoms with Crippen LogP contribution in [0.4, 0.5) is 4.79 Å². The Morgan fingerprint density at radius 3 is 2.70 bits per heavy atom. The number of amides is 1. The van der Waals surface area contributed by atoms with Crippen LogP contribution in [0.3, 0.4) is 0 Å². The van der Waals surface area contributed by atoms with Crippen LogP contribution in [0.25, 0.3) is 0 Å². The zero-order valence-corrected chi connectivity index (χ0v) is 11.8. The second kappa shape index (κ2) is 5.81. The molecule has 0 fully saturated rings. The summed E-state index contributed by atoms with van der Waals surface area (Å²) in [6.07, 6.45) is 0.925. The van der Waals surface area contributed by atoms with E-state index in [1.54, 1.807) is 26.8 Å². The summed E-state index contributed by atoms with van der Waals surface area (Å²) < 4.78 is 15.9. The van der Waals surface area contributed by atoms with E-state index in [9.17, 15) is 4.79 Å². The molecular weight excluding hydrogens is 260 g/mol. The first-order valence-corrected chi connectivity index (χ1v) is 6.36. The molecule has 1 aliphatic rings. The Balaban J connectivity index is 1.93. The van der Waals surface area contributed by atoms with Crippen LogP contribution in [0, 0.1) is 0 Å². The number of rotatable bonds is 2. The number of carbonyl (C=O) groups is 1. The van der Waals surface area contributed by atoms with Gasteiger partial charge in [-0.25, -0.2) is 10.2 Å². The summed E-state index contributed by atoms with van der Waals surface area (Å²) in [6, 6.07) is 5.44. The molecule has 0 aromatic heterocycles. The van der Waals surface area contributed by atoms with Crippen LogP contribution in [0.1, 0.15) is 26.3 Å². The highest BCUT2D eigenvalue weighted by Crippen LogP contribution is 2.30. The summed E-state index contributed by atoms with van der Waals surface area (Å²) >= 11 is 0. The zero-order chi connectivity index (χ0) is 14.6. The van der Waals surface area contributed by atoms with E-state index >= 15 is 0 Å². The summed E-state index contributed by atoms with van der Waals surface area (Å²) in [7, 11) is 0. The fourth-order valence-corrected chi connectivity index (χ4v) is 1.60. The summed E-state index contributed by atoms with van der Waals surface area (Å²) in [5, 5.41) is 3.83.